The summed E-state index contributed by atoms with van der Waals surface area (Å²) < 4.78 is 17.8. The molecule has 3 aliphatic heterocycles. The van der Waals surface area contributed by atoms with Crippen molar-refractivity contribution in [2.45, 2.75) is 6.54 Å². The van der Waals surface area contributed by atoms with Gasteiger partial charge in [0.2, 0.25) is 12.7 Å². The molecule has 1 N–H and O–H groups in total. The molecule has 2 saturated heterocycles. The van der Waals surface area contributed by atoms with Crippen molar-refractivity contribution in [2.24, 2.45) is 0 Å². The minimum Gasteiger partial charge on any atom is -0.454 e. The third-order valence-electron chi connectivity index (χ3n) is 6.50. The van der Waals surface area contributed by atoms with Crippen LogP contribution in [-0.2, 0) is 25.7 Å². The number of carbonyl (C=O) groups excluding carboxylic acids is 4. The molecule has 0 spiro atoms. The zero-order chi connectivity index (χ0) is 25.5. The highest BCUT2D eigenvalue weighted by atomic mass is 16.7. The molecule has 3 aromatic rings. The SMILES string of the molecule is O=C1NC(=O)N(c2ccc3c(c2)OCO3)C(=O)C1=Cc1cn(CC(=O)N2CCOCC2)c2ccccc12. The Bertz CT molecular complexity index is 1490. The molecule has 0 saturated carbocycles. The van der Waals surface area contributed by atoms with Crippen LogP contribution in [0.25, 0.3) is 17.0 Å². The van der Waals surface area contributed by atoms with E-state index >= 15 is 0 Å². The van der Waals surface area contributed by atoms with Gasteiger partial charge in [-0.3, -0.25) is 19.7 Å². The topological polar surface area (TPSA) is 119 Å². The predicted molar refractivity (Wildman–Crippen MR) is 131 cm³/mol. The van der Waals surface area contributed by atoms with Crippen molar-refractivity contribution in [3.05, 3.63) is 59.8 Å². The smallest absolute Gasteiger partial charge is 0.335 e. The van der Waals surface area contributed by atoms with E-state index in [4.69, 9.17) is 14.2 Å². The Morgan fingerprint density at radius 2 is 1.78 bits per heavy atom. The maximum absolute atomic E-state index is 13.4. The van der Waals surface area contributed by atoms with Crippen molar-refractivity contribution in [3.63, 3.8) is 0 Å². The Morgan fingerprint density at radius 1 is 1.00 bits per heavy atom. The number of amides is 5. The number of rotatable bonds is 4. The van der Waals surface area contributed by atoms with E-state index in [9.17, 15) is 19.2 Å². The van der Waals surface area contributed by atoms with Gasteiger partial charge in [0.15, 0.2) is 11.5 Å². The summed E-state index contributed by atoms with van der Waals surface area (Å²) in [5.41, 5.74) is 1.38. The zero-order valence-corrected chi connectivity index (χ0v) is 19.6. The number of nitrogens with one attached hydrogen (secondary N) is 1. The third kappa shape index (κ3) is 4.08. The summed E-state index contributed by atoms with van der Waals surface area (Å²) in [6.45, 7) is 2.23. The number of fused-ring (bicyclic) bond motifs is 2. The van der Waals surface area contributed by atoms with E-state index in [0.717, 1.165) is 15.8 Å². The highest BCUT2D eigenvalue weighted by Crippen LogP contribution is 2.36. The van der Waals surface area contributed by atoms with Crippen molar-refractivity contribution in [3.8, 4) is 11.5 Å². The second-order valence-electron chi connectivity index (χ2n) is 8.72. The Morgan fingerprint density at radius 3 is 2.62 bits per heavy atom. The lowest BCUT2D eigenvalue weighted by atomic mass is 10.1. The van der Waals surface area contributed by atoms with Crippen LogP contribution in [0.15, 0.2) is 54.2 Å². The number of carbonyl (C=O) groups is 4. The van der Waals surface area contributed by atoms with Gasteiger partial charge in [0.05, 0.1) is 18.9 Å². The van der Waals surface area contributed by atoms with Crippen molar-refractivity contribution in [1.29, 1.82) is 0 Å². The van der Waals surface area contributed by atoms with Gasteiger partial charge in [0.25, 0.3) is 11.8 Å². The molecule has 2 fully saturated rings. The monoisotopic (exact) mass is 502 g/mol. The van der Waals surface area contributed by atoms with Crippen molar-refractivity contribution in [2.75, 3.05) is 38.0 Å². The van der Waals surface area contributed by atoms with E-state index in [0.29, 0.717) is 43.4 Å². The van der Waals surface area contributed by atoms with Crippen LogP contribution in [-0.4, -0.2) is 66.3 Å². The van der Waals surface area contributed by atoms with Crippen molar-refractivity contribution in [1.82, 2.24) is 14.8 Å². The summed E-state index contributed by atoms with van der Waals surface area (Å²) in [7, 11) is 0. The molecule has 37 heavy (non-hydrogen) atoms. The summed E-state index contributed by atoms with van der Waals surface area (Å²) in [5, 5.41) is 2.99. The van der Waals surface area contributed by atoms with Gasteiger partial charge in [-0.25, -0.2) is 9.69 Å². The van der Waals surface area contributed by atoms with Gasteiger partial charge in [0, 0.05) is 41.8 Å². The van der Waals surface area contributed by atoms with Crippen molar-refractivity contribution >= 4 is 46.4 Å². The normalized spacial score (nSPS) is 18.6. The molecule has 188 valence electrons. The Hall–Kier alpha value is -4.64. The number of imide groups is 2. The van der Waals surface area contributed by atoms with E-state index in [1.54, 1.807) is 27.8 Å². The van der Waals surface area contributed by atoms with Gasteiger partial charge in [-0.2, -0.15) is 0 Å². The number of nitrogens with zero attached hydrogens (tertiary/aromatic N) is 3. The molecule has 4 heterocycles. The number of anilines is 1. The molecule has 0 bridgehead atoms. The zero-order valence-electron chi connectivity index (χ0n) is 19.6. The number of urea groups is 1. The fourth-order valence-electron chi connectivity index (χ4n) is 4.65. The van der Waals surface area contributed by atoms with E-state index in [1.807, 2.05) is 24.3 Å². The van der Waals surface area contributed by atoms with Crippen LogP contribution in [0.2, 0.25) is 0 Å². The standard InChI is InChI=1S/C26H22N4O7/c31-23(28-7-9-35-10-8-28)14-29-13-16(18-3-1-2-4-20(18)29)11-19-24(32)27-26(34)30(25(19)33)17-5-6-21-22(12-17)37-15-36-21/h1-6,11-13H,7-10,14-15H2,(H,27,32,34). The van der Waals surface area contributed by atoms with Crippen LogP contribution in [0.1, 0.15) is 5.56 Å². The quantitative estimate of drug-likeness (QED) is 0.428. The number of morpholine rings is 1. The number of ether oxygens (including phenoxy) is 3. The summed E-state index contributed by atoms with van der Waals surface area (Å²) >= 11 is 0. The van der Waals surface area contributed by atoms with Gasteiger partial charge in [0.1, 0.15) is 12.1 Å². The minimum atomic E-state index is -0.857. The van der Waals surface area contributed by atoms with Crippen LogP contribution >= 0.6 is 0 Å². The minimum absolute atomic E-state index is 0.0423. The summed E-state index contributed by atoms with van der Waals surface area (Å²) in [4.78, 5) is 54.3. The second-order valence-corrected chi connectivity index (χ2v) is 8.72. The fraction of sp³-hybridized carbons (Fsp3) is 0.231. The van der Waals surface area contributed by atoms with Crippen LogP contribution in [0.5, 0.6) is 11.5 Å². The first kappa shape index (κ1) is 22.8. The highest BCUT2D eigenvalue weighted by Gasteiger charge is 2.37. The summed E-state index contributed by atoms with van der Waals surface area (Å²) in [6, 6.07) is 11.2. The van der Waals surface area contributed by atoms with Crippen LogP contribution < -0.4 is 19.7 Å². The van der Waals surface area contributed by atoms with E-state index in [1.165, 1.54) is 12.1 Å². The second kappa shape index (κ2) is 9.10. The molecule has 0 unspecified atom stereocenters. The first-order chi connectivity index (χ1) is 18.0. The average molecular weight is 502 g/mol. The molecule has 0 atom stereocenters. The number of barbiturate groups is 1. The number of aromatic nitrogens is 1. The molecule has 5 amide bonds. The number of benzene rings is 2. The maximum Gasteiger partial charge on any atom is 0.335 e. The molecule has 1 aromatic heterocycles. The Balaban J connectivity index is 1.34. The molecule has 6 rings (SSSR count). The molecule has 11 nitrogen and oxygen atoms in total. The van der Waals surface area contributed by atoms with E-state index in [-0.39, 0.29) is 30.5 Å². The highest BCUT2D eigenvalue weighted by molar-refractivity contribution is 6.39. The third-order valence-corrected chi connectivity index (χ3v) is 6.50. The van der Waals surface area contributed by atoms with Crippen LogP contribution in [0.4, 0.5) is 10.5 Å². The van der Waals surface area contributed by atoms with Crippen molar-refractivity contribution < 1.29 is 33.4 Å². The molecule has 0 aliphatic carbocycles. The first-order valence-electron chi connectivity index (χ1n) is 11.7. The largest absolute Gasteiger partial charge is 0.454 e. The number of para-hydroxylation sites is 1. The average Bonchev–Trinajstić information content (AvgIpc) is 3.51. The van der Waals surface area contributed by atoms with Crippen LogP contribution in [0, 0.1) is 0 Å². The fourth-order valence-corrected chi connectivity index (χ4v) is 4.65. The first-order valence-corrected chi connectivity index (χ1v) is 11.7. The van der Waals surface area contributed by atoms with Gasteiger partial charge in [-0.15, -0.1) is 0 Å². The Labute approximate surface area is 210 Å². The lowest BCUT2D eigenvalue weighted by Gasteiger charge is -2.27. The van der Waals surface area contributed by atoms with E-state index in [2.05, 4.69) is 5.32 Å². The van der Waals surface area contributed by atoms with Gasteiger partial charge >= 0.3 is 6.03 Å². The molecular formula is C26H22N4O7. The molecular weight excluding hydrogens is 480 g/mol. The van der Waals surface area contributed by atoms with Crippen LogP contribution in [0.3, 0.4) is 0 Å². The molecule has 2 aromatic carbocycles. The number of hydrogen-bond acceptors (Lipinski definition) is 7. The maximum atomic E-state index is 13.4. The molecule has 11 heteroatoms. The Kier molecular flexibility index (Phi) is 5.61. The van der Waals surface area contributed by atoms with Gasteiger partial charge in [-0.1, -0.05) is 18.2 Å². The lowest BCUT2D eigenvalue weighted by molar-refractivity contribution is -0.135. The summed E-state index contributed by atoms with van der Waals surface area (Å²) in [6.07, 6.45) is 3.18. The number of hydrogen-bond donors (Lipinski definition) is 1. The summed E-state index contributed by atoms with van der Waals surface area (Å²) in [5.74, 6) is -0.718. The molecule has 3 aliphatic rings. The van der Waals surface area contributed by atoms with E-state index < -0.39 is 17.8 Å². The predicted octanol–water partition coefficient (Wildman–Crippen LogP) is 1.90. The van der Waals surface area contributed by atoms with Gasteiger partial charge in [-0.05, 0) is 24.3 Å². The lowest BCUT2D eigenvalue weighted by Crippen LogP contribution is -2.54. The van der Waals surface area contributed by atoms with Gasteiger partial charge < -0.3 is 23.7 Å². The molecule has 0 radical (unpaired) electrons.